The van der Waals surface area contributed by atoms with E-state index in [4.69, 9.17) is 4.74 Å². The smallest absolute Gasteiger partial charge is 0.408 e. The van der Waals surface area contributed by atoms with E-state index in [1.54, 1.807) is 20.8 Å². The summed E-state index contributed by atoms with van der Waals surface area (Å²) >= 11 is 0. The minimum absolute atomic E-state index is 0.113. The third-order valence-electron chi connectivity index (χ3n) is 5.00. The van der Waals surface area contributed by atoms with Crippen molar-refractivity contribution in [1.82, 2.24) is 4.90 Å². The number of hydrogen-bond donors (Lipinski definition) is 2. The number of amides is 1. The van der Waals surface area contributed by atoms with Gasteiger partial charge in [-0.05, 0) is 5.41 Å². The molecule has 1 rings (SSSR count). The Morgan fingerprint density at radius 1 is 1.33 bits per heavy atom. The van der Waals surface area contributed by atoms with Gasteiger partial charge in [0.05, 0.1) is 25.2 Å². The van der Waals surface area contributed by atoms with Crippen LogP contribution in [0.2, 0.25) is 0 Å². The molecule has 1 amide bonds. The van der Waals surface area contributed by atoms with Crippen molar-refractivity contribution in [2.45, 2.75) is 38.9 Å². The maximum Gasteiger partial charge on any atom is 0.408 e. The Morgan fingerprint density at radius 3 is 2.29 bits per heavy atom. The number of ether oxygens (including phenoxy) is 1. The van der Waals surface area contributed by atoms with Crippen molar-refractivity contribution in [2.75, 3.05) is 19.8 Å². The molecule has 0 spiro atoms. The molecule has 0 aliphatic carbocycles. The minimum atomic E-state index is -2.00. The zero-order valence-corrected chi connectivity index (χ0v) is 14.4. The molecule has 7 heteroatoms. The van der Waals surface area contributed by atoms with Crippen molar-refractivity contribution in [2.24, 2.45) is 10.8 Å². The van der Waals surface area contributed by atoms with Gasteiger partial charge in [-0.3, -0.25) is 4.90 Å². The van der Waals surface area contributed by atoms with Crippen LogP contribution in [0.25, 0.3) is 0 Å². The summed E-state index contributed by atoms with van der Waals surface area (Å²) in [4.78, 5) is 24.6. The van der Waals surface area contributed by atoms with E-state index in [0.29, 0.717) is 4.90 Å². The lowest BCUT2D eigenvalue weighted by atomic mass is 9.54. The molecule has 0 aromatic heterocycles. The van der Waals surface area contributed by atoms with Crippen molar-refractivity contribution in [1.29, 1.82) is 0 Å². The Balaban J connectivity index is 3.70. The van der Waals surface area contributed by atoms with Crippen LogP contribution in [-0.2, 0) is 9.53 Å². The molecule has 0 aromatic carbocycles. The van der Waals surface area contributed by atoms with Gasteiger partial charge in [0.1, 0.15) is 6.17 Å². The highest BCUT2D eigenvalue weighted by Crippen LogP contribution is 2.59. The monoisotopic (exact) mass is 343 g/mol. The molecule has 1 fully saturated rings. The lowest BCUT2D eigenvalue weighted by Gasteiger charge is -2.52. The fourth-order valence-corrected chi connectivity index (χ4v) is 3.93. The SMILES string of the molecule is C=CCOCC1(C(C)(C)C)[C@@H](F)CN(C(=O)O)[C@]1(CC=C)C(=O)O. The van der Waals surface area contributed by atoms with E-state index >= 15 is 4.39 Å². The maximum atomic E-state index is 15.2. The molecule has 24 heavy (non-hydrogen) atoms. The predicted octanol–water partition coefficient (Wildman–Crippen LogP) is 2.95. The number of hydrogen-bond acceptors (Lipinski definition) is 3. The number of carboxylic acid groups (broad SMARTS) is 2. The van der Waals surface area contributed by atoms with Crippen molar-refractivity contribution in [3.63, 3.8) is 0 Å². The molecule has 0 aromatic rings. The molecule has 0 saturated carbocycles. The molecule has 1 saturated heterocycles. The van der Waals surface area contributed by atoms with Crippen LogP contribution < -0.4 is 0 Å². The number of nitrogens with zero attached hydrogens (tertiary/aromatic N) is 1. The first-order chi connectivity index (χ1) is 11.0. The van der Waals surface area contributed by atoms with E-state index < -0.39 is 41.1 Å². The van der Waals surface area contributed by atoms with Gasteiger partial charge in [-0.2, -0.15) is 0 Å². The summed E-state index contributed by atoms with van der Waals surface area (Å²) in [7, 11) is 0. The molecule has 1 aliphatic heterocycles. The van der Waals surface area contributed by atoms with Crippen LogP contribution in [0.3, 0.4) is 0 Å². The normalized spacial score (nSPS) is 30.2. The third-order valence-corrected chi connectivity index (χ3v) is 5.00. The maximum absolute atomic E-state index is 15.2. The van der Waals surface area contributed by atoms with Crippen LogP contribution in [0.5, 0.6) is 0 Å². The summed E-state index contributed by atoms with van der Waals surface area (Å²) in [6, 6.07) is 0. The largest absolute Gasteiger partial charge is 0.479 e. The zero-order valence-electron chi connectivity index (χ0n) is 14.4. The van der Waals surface area contributed by atoms with Crippen molar-refractivity contribution >= 4 is 12.1 Å². The first-order valence-corrected chi connectivity index (χ1v) is 7.70. The molecular weight excluding hydrogens is 317 g/mol. The number of likely N-dealkylation sites (tertiary alicyclic amines) is 1. The van der Waals surface area contributed by atoms with Crippen molar-refractivity contribution < 1.29 is 28.9 Å². The highest BCUT2D eigenvalue weighted by molar-refractivity contribution is 5.87. The van der Waals surface area contributed by atoms with Gasteiger partial charge >= 0.3 is 12.1 Å². The highest BCUT2D eigenvalue weighted by atomic mass is 19.1. The molecular formula is C17H26FNO5. The molecule has 3 atom stereocenters. The number of carbonyl (C=O) groups is 2. The van der Waals surface area contributed by atoms with Gasteiger partial charge in [0.15, 0.2) is 5.54 Å². The molecule has 1 aliphatic rings. The third kappa shape index (κ3) is 2.70. The van der Waals surface area contributed by atoms with E-state index in [-0.39, 0.29) is 19.6 Å². The molecule has 6 nitrogen and oxygen atoms in total. The summed E-state index contributed by atoms with van der Waals surface area (Å²) in [6.45, 7) is 11.5. The first-order valence-electron chi connectivity index (χ1n) is 7.70. The summed E-state index contributed by atoms with van der Waals surface area (Å²) in [5, 5.41) is 19.5. The fourth-order valence-electron chi connectivity index (χ4n) is 3.93. The van der Waals surface area contributed by atoms with Gasteiger partial charge in [0, 0.05) is 6.42 Å². The molecule has 1 heterocycles. The Hall–Kier alpha value is -1.89. The molecule has 0 radical (unpaired) electrons. The molecule has 136 valence electrons. The lowest BCUT2D eigenvalue weighted by molar-refractivity contribution is -0.172. The standard InChI is InChI=1S/C17H26FNO5/c1-6-8-17(13(20)21)16(15(3,4)5,11-24-9-7-2)12(18)10-19(17)14(22)23/h6-7,12H,1-2,8-11H2,3-5H3,(H,20,21)(H,22,23)/t12-,16?,17+/m0/s1. The van der Waals surface area contributed by atoms with Crippen LogP contribution in [0.1, 0.15) is 27.2 Å². The number of carboxylic acids is 1. The van der Waals surface area contributed by atoms with E-state index in [1.807, 2.05) is 0 Å². The predicted molar refractivity (Wildman–Crippen MR) is 87.7 cm³/mol. The highest BCUT2D eigenvalue weighted by Gasteiger charge is 2.74. The van der Waals surface area contributed by atoms with E-state index in [2.05, 4.69) is 13.2 Å². The van der Waals surface area contributed by atoms with Gasteiger partial charge in [0.2, 0.25) is 0 Å². The van der Waals surface area contributed by atoms with Gasteiger partial charge in [0.25, 0.3) is 0 Å². The van der Waals surface area contributed by atoms with Crippen LogP contribution in [0.15, 0.2) is 25.3 Å². The number of halogens is 1. The van der Waals surface area contributed by atoms with E-state index in [0.717, 1.165) is 0 Å². The molecule has 2 N–H and O–H groups in total. The molecule has 1 unspecified atom stereocenters. The average Bonchev–Trinajstić information content (AvgIpc) is 2.71. The van der Waals surface area contributed by atoms with E-state index in [9.17, 15) is 19.8 Å². The van der Waals surface area contributed by atoms with Gasteiger partial charge < -0.3 is 14.9 Å². The van der Waals surface area contributed by atoms with Crippen molar-refractivity contribution in [3.8, 4) is 0 Å². The van der Waals surface area contributed by atoms with Crippen LogP contribution in [-0.4, -0.2) is 58.6 Å². The Kier molecular flexibility index (Phi) is 5.82. The number of alkyl halides is 1. The second-order valence-corrected chi connectivity index (χ2v) is 7.04. The van der Waals surface area contributed by atoms with Crippen LogP contribution in [0, 0.1) is 10.8 Å². The van der Waals surface area contributed by atoms with Crippen LogP contribution in [0.4, 0.5) is 9.18 Å². The van der Waals surface area contributed by atoms with Crippen molar-refractivity contribution in [3.05, 3.63) is 25.3 Å². The Labute approximate surface area is 141 Å². The van der Waals surface area contributed by atoms with Gasteiger partial charge in [-0.1, -0.05) is 32.9 Å². The summed E-state index contributed by atoms with van der Waals surface area (Å²) < 4.78 is 20.7. The van der Waals surface area contributed by atoms with Gasteiger partial charge in [-0.15, -0.1) is 13.2 Å². The quantitative estimate of drug-likeness (QED) is 0.548. The summed E-state index contributed by atoms with van der Waals surface area (Å²) in [5.41, 5.74) is -4.47. The second kappa shape index (κ2) is 6.93. The van der Waals surface area contributed by atoms with Crippen LogP contribution >= 0.6 is 0 Å². The summed E-state index contributed by atoms with van der Waals surface area (Å²) in [5.74, 6) is -1.40. The lowest BCUT2D eigenvalue weighted by Crippen LogP contribution is -2.67. The number of rotatable bonds is 7. The Morgan fingerprint density at radius 2 is 1.92 bits per heavy atom. The van der Waals surface area contributed by atoms with E-state index in [1.165, 1.54) is 12.2 Å². The van der Waals surface area contributed by atoms with Gasteiger partial charge in [-0.25, -0.2) is 14.0 Å². The second-order valence-electron chi connectivity index (χ2n) is 7.04. The first kappa shape index (κ1) is 20.2. The summed E-state index contributed by atoms with van der Waals surface area (Å²) in [6.07, 6.45) is -0.602. The topological polar surface area (TPSA) is 87.1 Å². The number of aliphatic carboxylic acids is 1. The minimum Gasteiger partial charge on any atom is -0.479 e. The fraction of sp³-hybridized carbons (Fsp3) is 0.647. The average molecular weight is 343 g/mol. The Bertz CT molecular complexity index is 530. The molecule has 0 bridgehead atoms. The zero-order chi connectivity index (χ0) is 18.8.